The molecule has 3 heteroatoms. The van der Waals surface area contributed by atoms with Crippen molar-refractivity contribution >= 4 is 11.0 Å². The van der Waals surface area contributed by atoms with Gasteiger partial charge in [-0.1, -0.05) is 12.2 Å². The summed E-state index contributed by atoms with van der Waals surface area (Å²) in [6.45, 7) is 0. The van der Waals surface area contributed by atoms with Crippen LogP contribution in [0.1, 0.15) is 0 Å². The van der Waals surface area contributed by atoms with E-state index in [1.807, 2.05) is 18.2 Å². The molecule has 0 aliphatic carbocycles. The van der Waals surface area contributed by atoms with Gasteiger partial charge in [0.2, 0.25) is 0 Å². The molecule has 9 heavy (non-hydrogen) atoms. The van der Waals surface area contributed by atoms with Gasteiger partial charge < -0.3 is 4.31 Å². The second-order valence-corrected chi connectivity index (χ2v) is 3.36. The van der Waals surface area contributed by atoms with Gasteiger partial charge in [0, 0.05) is 13.2 Å². The quantitative estimate of drug-likeness (QED) is 0.488. The first kappa shape index (κ1) is 6.55. The first-order chi connectivity index (χ1) is 4.30. The smallest absolute Gasteiger partial charge is 0.122 e. The molecule has 0 amide bonds. The molecule has 1 heterocycles. The van der Waals surface area contributed by atoms with Crippen molar-refractivity contribution in [2.45, 2.75) is 0 Å². The lowest BCUT2D eigenvalue weighted by atomic mass is 10.5. The first-order valence-electron chi connectivity index (χ1n) is 2.75. The van der Waals surface area contributed by atoms with Crippen LogP contribution in [0.3, 0.4) is 0 Å². The molecule has 0 spiro atoms. The third kappa shape index (κ3) is 1.68. The van der Waals surface area contributed by atoms with Crippen molar-refractivity contribution < 1.29 is 4.21 Å². The van der Waals surface area contributed by atoms with Gasteiger partial charge in [-0.05, 0) is 6.08 Å². The van der Waals surface area contributed by atoms with Gasteiger partial charge in [0.25, 0.3) is 0 Å². The monoisotopic (exact) mass is 143 g/mol. The van der Waals surface area contributed by atoms with E-state index >= 15 is 0 Å². The summed E-state index contributed by atoms with van der Waals surface area (Å²) in [5.74, 6) is 0.628. The van der Waals surface area contributed by atoms with Crippen LogP contribution in [0.4, 0.5) is 0 Å². The van der Waals surface area contributed by atoms with Crippen LogP contribution >= 0.6 is 0 Å². The Labute approximate surface area is 57.4 Å². The minimum atomic E-state index is -0.843. The fraction of sp³-hybridized carbons (Fsp3) is 0.333. The minimum absolute atomic E-state index is 0.628. The highest BCUT2D eigenvalue weighted by Crippen LogP contribution is 1.97. The number of allylic oxidation sites excluding steroid dienone is 2. The van der Waals surface area contributed by atoms with Crippen LogP contribution in [0.25, 0.3) is 0 Å². The molecule has 2 nitrogen and oxygen atoms in total. The van der Waals surface area contributed by atoms with E-state index in [1.54, 1.807) is 17.6 Å². The minimum Gasteiger partial charge on any atom is -0.302 e. The van der Waals surface area contributed by atoms with E-state index in [9.17, 15) is 4.21 Å². The van der Waals surface area contributed by atoms with E-state index in [0.29, 0.717) is 5.75 Å². The number of hydrogen-bond acceptors (Lipinski definition) is 1. The summed E-state index contributed by atoms with van der Waals surface area (Å²) in [6.07, 6.45) is 7.49. The van der Waals surface area contributed by atoms with Gasteiger partial charge in [-0.2, -0.15) is 0 Å². The molecule has 1 rings (SSSR count). The lowest BCUT2D eigenvalue weighted by molar-refractivity contribution is 0.632. The van der Waals surface area contributed by atoms with Crippen LogP contribution < -0.4 is 0 Å². The molecule has 1 aliphatic rings. The molecule has 1 unspecified atom stereocenters. The molecule has 0 radical (unpaired) electrons. The summed E-state index contributed by atoms with van der Waals surface area (Å²) in [5, 5.41) is 0. The molecule has 0 saturated heterocycles. The summed E-state index contributed by atoms with van der Waals surface area (Å²) >= 11 is 0. The average molecular weight is 143 g/mol. The Balaban J connectivity index is 2.69. The molecule has 0 aromatic rings. The largest absolute Gasteiger partial charge is 0.302 e. The van der Waals surface area contributed by atoms with E-state index < -0.39 is 11.0 Å². The van der Waals surface area contributed by atoms with E-state index in [2.05, 4.69) is 0 Å². The Morgan fingerprint density at radius 2 is 2.33 bits per heavy atom. The highest BCUT2D eigenvalue weighted by atomic mass is 32.2. The molecular formula is C6H9NOS. The fourth-order valence-corrected chi connectivity index (χ4v) is 1.29. The molecule has 50 valence electrons. The van der Waals surface area contributed by atoms with E-state index in [0.717, 1.165) is 0 Å². The van der Waals surface area contributed by atoms with Crippen LogP contribution in [-0.2, 0) is 11.0 Å². The zero-order valence-electron chi connectivity index (χ0n) is 5.28. The molecule has 0 fully saturated rings. The SMILES string of the molecule is CN1C=CC=CCS1=O. The normalized spacial score (nSPS) is 26.3. The van der Waals surface area contributed by atoms with Crippen molar-refractivity contribution in [2.75, 3.05) is 12.8 Å². The number of nitrogens with zero attached hydrogens (tertiary/aromatic N) is 1. The van der Waals surface area contributed by atoms with E-state index in [-0.39, 0.29) is 0 Å². The van der Waals surface area contributed by atoms with Crippen molar-refractivity contribution in [3.8, 4) is 0 Å². The number of rotatable bonds is 0. The lowest BCUT2D eigenvalue weighted by Crippen LogP contribution is -2.14. The first-order valence-corrected chi connectivity index (χ1v) is 4.03. The van der Waals surface area contributed by atoms with Gasteiger partial charge in [0.1, 0.15) is 11.0 Å². The summed E-state index contributed by atoms with van der Waals surface area (Å²) in [6, 6.07) is 0. The maximum Gasteiger partial charge on any atom is 0.122 e. The predicted octanol–water partition coefficient (Wildman–Crippen LogP) is 0.665. The average Bonchev–Trinajstić information content (AvgIpc) is 1.99. The van der Waals surface area contributed by atoms with Gasteiger partial charge in [-0.25, -0.2) is 4.21 Å². The van der Waals surface area contributed by atoms with Crippen LogP contribution in [0, 0.1) is 0 Å². The van der Waals surface area contributed by atoms with Gasteiger partial charge >= 0.3 is 0 Å². The molecule has 0 saturated carbocycles. The molecule has 1 atom stereocenters. The Bertz CT molecular complexity index is 174. The Hall–Kier alpha value is -0.570. The third-order valence-electron chi connectivity index (χ3n) is 1.10. The van der Waals surface area contributed by atoms with Crippen LogP contribution in [0.2, 0.25) is 0 Å². The molecule has 0 aromatic carbocycles. The standard InChI is InChI=1S/C6H9NOS/c1-7-5-3-2-4-6-9(7)8/h2-5H,6H2,1H3. The summed E-state index contributed by atoms with van der Waals surface area (Å²) < 4.78 is 12.6. The lowest BCUT2D eigenvalue weighted by Gasteiger charge is -2.08. The zero-order chi connectivity index (χ0) is 6.69. The Kier molecular flexibility index (Phi) is 2.05. The fourth-order valence-electron chi connectivity index (χ4n) is 0.573. The zero-order valence-corrected chi connectivity index (χ0v) is 6.10. The van der Waals surface area contributed by atoms with Crippen molar-refractivity contribution in [3.63, 3.8) is 0 Å². The molecule has 0 aromatic heterocycles. The predicted molar refractivity (Wildman–Crippen MR) is 39.1 cm³/mol. The van der Waals surface area contributed by atoms with Crippen molar-refractivity contribution in [2.24, 2.45) is 0 Å². The van der Waals surface area contributed by atoms with Gasteiger partial charge in [0.05, 0.1) is 5.75 Å². The second-order valence-electron chi connectivity index (χ2n) is 1.80. The topological polar surface area (TPSA) is 20.3 Å². The number of hydrogen-bond donors (Lipinski definition) is 0. The van der Waals surface area contributed by atoms with Crippen LogP contribution in [0.5, 0.6) is 0 Å². The molecule has 1 aliphatic heterocycles. The Morgan fingerprint density at radius 3 is 3.11 bits per heavy atom. The highest BCUT2D eigenvalue weighted by molar-refractivity contribution is 7.82. The molecular weight excluding hydrogens is 134 g/mol. The maximum atomic E-state index is 10.9. The van der Waals surface area contributed by atoms with E-state index in [4.69, 9.17) is 0 Å². The second kappa shape index (κ2) is 2.82. The van der Waals surface area contributed by atoms with E-state index in [1.165, 1.54) is 0 Å². The van der Waals surface area contributed by atoms with Crippen LogP contribution in [-0.4, -0.2) is 21.3 Å². The van der Waals surface area contributed by atoms with Crippen molar-refractivity contribution in [1.29, 1.82) is 0 Å². The van der Waals surface area contributed by atoms with Gasteiger partial charge in [-0.15, -0.1) is 0 Å². The van der Waals surface area contributed by atoms with Gasteiger partial charge in [0.15, 0.2) is 0 Å². The maximum absolute atomic E-state index is 10.9. The summed E-state index contributed by atoms with van der Waals surface area (Å²) in [4.78, 5) is 0. The van der Waals surface area contributed by atoms with Crippen molar-refractivity contribution in [3.05, 3.63) is 24.4 Å². The van der Waals surface area contributed by atoms with Gasteiger partial charge in [-0.3, -0.25) is 0 Å². The molecule has 0 bridgehead atoms. The summed E-state index contributed by atoms with van der Waals surface area (Å²) in [5.41, 5.74) is 0. The third-order valence-corrected chi connectivity index (χ3v) is 2.34. The van der Waals surface area contributed by atoms with Crippen molar-refractivity contribution in [1.82, 2.24) is 4.31 Å². The Morgan fingerprint density at radius 1 is 1.56 bits per heavy atom. The highest BCUT2D eigenvalue weighted by Gasteiger charge is 2.00. The molecule has 0 N–H and O–H groups in total. The van der Waals surface area contributed by atoms with Crippen LogP contribution in [0.15, 0.2) is 24.4 Å². The summed E-state index contributed by atoms with van der Waals surface area (Å²) in [7, 11) is 0.963.